The molecule has 0 radical (unpaired) electrons. The fraction of sp³-hybridized carbons (Fsp3) is 0.368. The number of rotatable bonds is 2. The molecule has 1 saturated heterocycles. The zero-order chi connectivity index (χ0) is 16.8. The van der Waals surface area contributed by atoms with Crippen LogP contribution in [0, 0.1) is 6.92 Å². The number of hydrogen-bond donors (Lipinski definition) is 1. The quantitative estimate of drug-likeness (QED) is 0.681. The highest BCUT2D eigenvalue weighted by Crippen LogP contribution is 2.36. The van der Waals surface area contributed by atoms with Crippen molar-refractivity contribution < 1.29 is 9.31 Å². The summed E-state index contributed by atoms with van der Waals surface area (Å²) in [5.41, 5.74) is 10.6. The minimum Gasteiger partial charge on any atom is -0.399 e. The van der Waals surface area contributed by atoms with Crippen LogP contribution in [0.3, 0.4) is 0 Å². The molecule has 1 heterocycles. The molecule has 0 aromatic heterocycles. The molecule has 23 heavy (non-hydrogen) atoms. The van der Waals surface area contributed by atoms with Crippen LogP contribution in [0.1, 0.15) is 33.3 Å². The van der Waals surface area contributed by atoms with Crippen LogP contribution >= 0.6 is 0 Å². The number of benzene rings is 2. The van der Waals surface area contributed by atoms with Gasteiger partial charge in [0.2, 0.25) is 0 Å². The maximum Gasteiger partial charge on any atom is 0.494 e. The van der Waals surface area contributed by atoms with Gasteiger partial charge in [-0.3, -0.25) is 0 Å². The second-order valence-electron chi connectivity index (χ2n) is 7.29. The highest BCUT2D eigenvalue weighted by molar-refractivity contribution is 6.62. The highest BCUT2D eigenvalue weighted by Gasteiger charge is 2.51. The standard InChI is InChI=1S/C19H24BNO2/c1-13-9-10-16(21)12-17(13)14-7-6-8-15(11-14)20-22-18(2,3)19(4,5)23-20/h6-12H,21H2,1-5H3. The molecule has 0 bridgehead atoms. The Morgan fingerprint density at radius 1 is 0.913 bits per heavy atom. The van der Waals surface area contributed by atoms with Crippen molar-refractivity contribution in [2.45, 2.75) is 45.8 Å². The number of nitrogen functional groups attached to an aromatic ring is 1. The first kappa shape index (κ1) is 16.1. The summed E-state index contributed by atoms with van der Waals surface area (Å²) < 4.78 is 12.3. The third-order valence-electron chi connectivity index (χ3n) is 4.98. The average molecular weight is 309 g/mol. The number of hydrogen-bond acceptors (Lipinski definition) is 3. The summed E-state index contributed by atoms with van der Waals surface area (Å²) in [5.74, 6) is 0. The Bertz CT molecular complexity index is 724. The summed E-state index contributed by atoms with van der Waals surface area (Å²) in [5, 5.41) is 0. The van der Waals surface area contributed by atoms with E-state index in [4.69, 9.17) is 15.0 Å². The third kappa shape index (κ3) is 2.89. The van der Waals surface area contributed by atoms with Crippen molar-refractivity contribution >= 4 is 18.3 Å². The monoisotopic (exact) mass is 309 g/mol. The molecule has 1 aliphatic heterocycles. The Morgan fingerprint density at radius 3 is 2.22 bits per heavy atom. The van der Waals surface area contributed by atoms with E-state index in [0.717, 1.165) is 22.3 Å². The molecule has 3 nitrogen and oxygen atoms in total. The zero-order valence-electron chi connectivity index (χ0n) is 14.5. The van der Waals surface area contributed by atoms with Crippen LogP contribution in [0.15, 0.2) is 42.5 Å². The second kappa shape index (κ2) is 5.39. The van der Waals surface area contributed by atoms with Gasteiger partial charge in [-0.25, -0.2) is 0 Å². The number of nitrogens with two attached hydrogens (primary N) is 1. The highest BCUT2D eigenvalue weighted by atomic mass is 16.7. The van der Waals surface area contributed by atoms with Crippen LogP contribution in [-0.2, 0) is 9.31 Å². The molecule has 2 aromatic rings. The van der Waals surface area contributed by atoms with Gasteiger partial charge < -0.3 is 15.0 Å². The van der Waals surface area contributed by atoms with Crippen molar-refractivity contribution in [2.75, 3.05) is 5.73 Å². The lowest BCUT2D eigenvalue weighted by atomic mass is 9.77. The molecule has 1 fully saturated rings. The molecule has 2 aromatic carbocycles. The SMILES string of the molecule is Cc1ccc(N)cc1-c1cccc(B2OC(C)(C)C(C)(C)O2)c1. The van der Waals surface area contributed by atoms with Gasteiger partial charge in [0.1, 0.15) is 0 Å². The van der Waals surface area contributed by atoms with Crippen molar-refractivity contribution in [3.8, 4) is 11.1 Å². The van der Waals surface area contributed by atoms with Gasteiger partial charge in [0.25, 0.3) is 0 Å². The summed E-state index contributed by atoms with van der Waals surface area (Å²) in [6, 6.07) is 14.3. The van der Waals surface area contributed by atoms with E-state index in [1.54, 1.807) is 0 Å². The lowest BCUT2D eigenvalue weighted by molar-refractivity contribution is 0.00578. The maximum absolute atomic E-state index is 6.15. The smallest absolute Gasteiger partial charge is 0.399 e. The van der Waals surface area contributed by atoms with E-state index >= 15 is 0 Å². The van der Waals surface area contributed by atoms with Crippen molar-refractivity contribution in [1.82, 2.24) is 0 Å². The van der Waals surface area contributed by atoms with Gasteiger partial charge >= 0.3 is 7.12 Å². The average Bonchev–Trinajstić information content (AvgIpc) is 2.70. The lowest BCUT2D eigenvalue weighted by Crippen LogP contribution is -2.41. The van der Waals surface area contributed by atoms with E-state index in [1.165, 1.54) is 5.56 Å². The van der Waals surface area contributed by atoms with Gasteiger partial charge in [0.15, 0.2) is 0 Å². The Kier molecular flexibility index (Phi) is 3.78. The van der Waals surface area contributed by atoms with Crippen LogP contribution in [0.2, 0.25) is 0 Å². The normalized spacial score (nSPS) is 19.1. The topological polar surface area (TPSA) is 44.5 Å². The van der Waals surface area contributed by atoms with Crippen LogP contribution in [0.5, 0.6) is 0 Å². The molecule has 2 N–H and O–H groups in total. The predicted molar refractivity (Wildman–Crippen MR) is 96.7 cm³/mol. The van der Waals surface area contributed by atoms with Crippen LogP contribution in [-0.4, -0.2) is 18.3 Å². The molecule has 0 saturated carbocycles. The van der Waals surface area contributed by atoms with Crippen molar-refractivity contribution in [2.24, 2.45) is 0 Å². The summed E-state index contributed by atoms with van der Waals surface area (Å²) in [7, 11) is -0.346. The summed E-state index contributed by atoms with van der Waals surface area (Å²) in [6.07, 6.45) is 0. The van der Waals surface area contributed by atoms with Gasteiger partial charge in [-0.05, 0) is 68.9 Å². The van der Waals surface area contributed by atoms with E-state index in [2.05, 4.69) is 46.8 Å². The molecular weight excluding hydrogens is 285 g/mol. The van der Waals surface area contributed by atoms with Gasteiger partial charge in [-0.15, -0.1) is 0 Å². The minimum absolute atomic E-state index is 0.333. The summed E-state index contributed by atoms with van der Waals surface area (Å²) in [4.78, 5) is 0. The van der Waals surface area contributed by atoms with Crippen LogP contribution < -0.4 is 11.2 Å². The van der Waals surface area contributed by atoms with Gasteiger partial charge in [0.05, 0.1) is 11.2 Å². The van der Waals surface area contributed by atoms with E-state index in [0.29, 0.717) is 0 Å². The van der Waals surface area contributed by atoms with Gasteiger partial charge in [-0.1, -0.05) is 30.3 Å². The lowest BCUT2D eigenvalue weighted by Gasteiger charge is -2.32. The molecule has 0 amide bonds. The first-order chi connectivity index (χ1) is 10.7. The summed E-state index contributed by atoms with van der Waals surface area (Å²) >= 11 is 0. The van der Waals surface area contributed by atoms with Gasteiger partial charge in [-0.2, -0.15) is 0 Å². The fourth-order valence-corrected chi connectivity index (χ4v) is 2.78. The van der Waals surface area contributed by atoms with Crippen molar-refractivity contribution in [1.29, 1.82) is 0 Å². The molecule has 1 aliphatic rings. The van der Waals surface area contributed by atoms with Crippen LogP contribution in [0.25, 0.3) is 11.1 Å². The van der Waals surface area contributed by atoms with Crippen molar-refractivity contribution in [3.05, 3.63) is 48.0 Å². The Morgan fingerprint density at radius 2 is 1.57 bits per heavy atom. The maximum atomic E-state index is 6.15. The molecule has 4 heteroatoms. The summed E-state index contributed by atoms with van der Waals surface area (Å²) in [6.45, 7) is 10.4. The molecule has 0 unspecified atom stereocenters. The van der Waals surface area contributed by atoms with Gasteiger partial charge in [0, 0.05) is 5.69 Å². The minimum atomic E-state index is -0.346. The second-order valence-corrected chi connectivity index (χ2v) is 7.29. The Hall–Kier alpha value is -1.78. The Labute approximate surface area is 138 Å². The van der Waals surface area contributed by atoms with E-state index in [-0.39, 0.29) is 18.3 Å². The fourth-order valence-electron chi connectivity index (χ4n) is 2.78. The molecule has 0 spiro atoms. The predicted octanol–water partition coefficient (Wildman–Crippen LogP) is 3.54. The van der Waals surface area contributed by atoms with E-state index < -0.39 is 0 Å². The molecule has 120 valence electrons. The molecular formula is C19H24BNO2. The first-order valence-electron chi connectivity index (χ1n) is 8.02. The van der Waals surface area contributed by atoms with E-state index in [9.17, 15) is 0 Å². The first-order valence-corrected chi connectivity index (χ1v) is 8.02. The number of anilines is 1. The zero-order valence-corrected chi connectivity index (χ0v) is 14.5. The largest absolute Gasteiger partial charge is 0.494 e. The molecule has 3 rings (SSSR count). The number of aryl methyl sites for hydroxylation is 1. The molecule has 0 atom stereocenters. The third-order valence-corrected chi connectivity index (χ3v) is 4.98. The Balaban J connectivity index is 1.97. The van der Waals surface area contributed by atoms with Crippen LogP contribution in [0.4, 0.5) is 5.69 Å². The van der Waals surface area contributed by atoms with Crippen molar-refractivity contribution in [3.63, 3.8) is 0 Å². The molecule has 0 aliphatic carbocycles. The van der Waals surface area contributed by atoms with E-state index in [1.807, 2.05) is 30.3 Å².